The molecule has 1 fully saturated rings. The van der Waals surface area contributed by atoms with E-state index in [1.807, 2.05) is 13.1 Å². The van der Waals surface area contributed by atoms with Crippen molar-refractivity contribution in [3.8, 4) is 11.3 Å². The lowest BCUT2D eigenvalue weighted by molar-refractivity contribution is -0.0956. The number of fused-ring (bicyclic) bond motifs is 3. The Labute approximate surface area is 158 Å². The van der Waals surface area contributed by atoms with Crippen molar-refractivity contribution in [2.24, 2.45) is 5.41 Å². The molecule has 0 aromatic carbocycles. The summed E-state index contributed by atoms with van der Waals surface area (Å²) in [6, 6.07) is 0. The molecule has 0 unspecified atom stereocenters. The summed E-state index contributed by atoms with van der Waals surface area (Å²) in [4.78, 5) is 12.8. The summed E-state index contributed by atoms with van der Waals surface area (Å²) in [6.07, 6.45) is 2.83. The molecule has 3 aromatic heterocycles. The van der Waals surface area contributed by atoms with Crippen molar-refractivity contribution >= 4 is 39.8 Å². The molecule has 3 aromatic rings. The summed E-state index contributed by atoms with van der Waals surface area (Å²) in [5.41, 5.74) is 2.29. The molecule has 0 spiro atoms. The lowest BCUT2D eigenvalue weighted by atomic mass is 9.88. The summed E-state index contributed by atoms with van der Waals surface area (Å²) >= 11 is 3.06. The van der Waals surface area contributed by atoms with Crippen molar-refractivity contribution < 1.29 is 4.74 Å². The van der Waals surface area contributed by atoms with E-state index in [-0.39, 0.29) is 5.41 Å². The van der Waals surface area contributed by atoms with Crippen LogP contribution in [0.5, 0.6) is 0 Å². The molecule has 0 amide bonds. The van der Waals surface area contributed by atoms with Gasteiger partial charge < -0.3 is 9.64 Å². The van der Waals surface area contributed by atoms with Gasteiger partial charge in [-0.15, -0.1) is 11.3 Å². The van der Waals surface area contributed by atoms with E-state index in [0.29, 0.717) is 5.95 Å². The first-order valence-electron chi connectivity index (χ1n) is 8.53. The van der Waals surface area contributed by atoms with Gasteiger partial charge in [0.05, 0.1) is 30.7 Å². The zero-order chi connectivity index (χ0) is 17.7. The molecule has 2 aliphatic heterocycles. The Morgan fingerprint density at radius 1 is 1.38 bits per heavy atom. The van der Waals surface area contributed by atoms with Crippen LogP contribution in [-0.4, -0.2) is 50.8 Å². The Morgan fingerprint density at radius 2 is 2.27 bits per heavy atom. The number of aromatic nitrogens is 5. The van der Waals surface area contributed by atoms with E-state index in [1.54, 1.807) is 11.3 Å². The summed E-state index contributed by atoms with van der Waals surface area (Å²) < 4.78 is 9.70. The van der Waals surface area contributed by atoms with Crippen LogP contribution in [0.2, 0.25) is 0 Å². The van der Waals surface area contributed by atoms with Gasteiger partial charge in [0.25, 0.3) is 0 Å². The second kappa shape index (κ2) is 6.00. The standard InChI is InChI=1S/C16H19N7OS2/c1-9-18-14(22-26-9)20-15-19-12-10-5-17-21-13(10)23(4-3-11(12)25-15)6-16(2)7-24-8-16/h5H,3-4,6-8H2,1-2H3,(H,17,21)(H,19,20,22). The van der Waals surface area contributed by atoms with Gasteiger partial charge in [-0.25, -0.2) is 9.97 Å². The number of aromatic amines is 1. The van der Waals surface area contributed by atoms with Crippen LogP contribution < -0.4 is 10.2 Å². The fraction of sp³-hybridized carbons (Fsp3) is 0.500. The average molecular weight is 390 g/mol. The summed E-state index contributed by atoms with van der Waals surface area (Å²) in [7, 11) is 0. The monoisotopic (exact) mass is 389 g/mol. The third-order valence-corrected chi connectivity index (χ3v) is 6.37. The highest BCUT2D eigenvalue weighted by Gasteiger charge is 2.37. The van der Waals surface area contributed by atoms with Gasteiger partial charge in [-0.05, 0) is 18.5 Å². The third-order valence-electron chi connectivity index (χ3n) is 4.72. The molecule has 0 aliphatic carbocycles. The summed E-state index contributed by atoms with van der Waals surface area (Å²) in [6.45, 7) is 7.76. The van der Waals surface area contributed by atoms with Gasteiger partial charge in [0.15, 0.2) is 5.13 Å². The van der Waals surface area contributed by atoms with E-state index in [4.69, 9.17) is 9.72 Å². The number of aryl methyl sites for hydroxylation is 1. The van der Waals surface area contributed by atoms with Crippen LogP contribution in [0.4, 0.5) is 16.9 Å². The SMILES string of the molecule is Cc1nc(Nc2nc3c(s2)CCN(CC2(C)COC2)c2[nH]ncc2-3)ns1. The number of nitrogens with one attached hydrogen (secondary N) is 2. The van der Waals surface area contributed by atoms with Crippen molar-refractivity contribution in [3.63, 3.8) is 0 Å². The highest BCUT2D eigenvalue weighted by Crippen LogP contribution is 2.40. The van der Waals surface area contributed by atoms with Crippen molar-refractivity contribution in [2.45, 2.75) is 20.3 Å². The molecule has 2 N–H and O–H groups in total. The number of thiazole rings is 1. The molecule has 5 rings (SSSR count). The minimum absolute atomic E-state index is 0.217. The minimum atomic E-state index is 0.217. The molecule has 5 heterocycles. The van der Waals surface area contributed by atoms with Gasteiger partial charge in [0.1, 0.15) is 10.8 Å². The number of hydrogen-bond donors (Lipinski definition) is 2. The molecule has 8 nitrogen and oxygen atoms in total. The zero-order valence-corrected chi connectivity index (χ0v) is 16.2. The number of nitrogens with zero attached hydrogens (tertiary/aromatic N) is 5. The number of rotatable bonds is 4. The Hall–Kier alpha value is -2.04. The Morgan fingerprint density at radius 3 is 3.00 bits per heavy atom. The van der Waals surface area contributed by atoms with Gasteiger partial charge in [-0.3, -0.25) is 10.4 Å². The molecule has 1 saturated heterocycles. The molecule has 0 saturated carbocycles. The van der Waals surface area contributed by atoms with Gasteiger partial charge in [-0.2, -0.15) is 9.47 Å². The van der Waals surface area contributed by atoms with E-state index in [2.05, 4.69) is 36.7 Å². The predicted octanol–water partition coefficient (Wildman–Crippen LogP) is 2.84. The maximum Gasteiger partial charge on any atom is 0.241 e. The van der Waals surface area contributed by atoms with Crippen molar-refractivity contribution in [1.82, 2.24) is 24.5 Å². The number of H-pyrrole nitrogens is 1. The first-order valence-corrected chi connectivity index (χ1v) is 10.1. The van der Waals surface area contributed by atoms with E-state index >= 15 is 0 Å². The van der Waals surface area contributed by atoms with Crippen LogP contribution in [0, 0.1) is 12.3 Å². The first-order chi connectivity index (χ1) is 12.6. The topological polar surface area (TPSA) is 91.8 Å². The van der Waals surface area contributed by atoms with Crippen LogP contribution >= 0.6 is 22.9 Å². The highest BCUT2D eigenvalue weighted by molar-refractivity contribution is 7.16. The fourth-order valence-corrected chi connectivity index (χ4v) is 4.82. The van der Waals surface area contributed by atoms with Crippen molar-refractivity contribution in [1.29, 1.82) is 0 Å². The van der Waals surface area contributed by atoms with Crippen LogP contribution in [0.3, 0.4) is 0 Å². The molecule has 136 valence electrons. The normalized spacial score (nSPS) is 18.0. The number of hydrogen-bond acceptors (Lipinski definition) is 9. The number of ether oxygens (including phenoxy) is 1. The lowest BCUT2D eigenvalue weighted by Crippen LogP contribution is -2.49. The van der Waals surface area contributed by atoms with Crippen molar-refractivity contribution in [2.75, 3.05) is 36.5 Å². The summed E-state index contributed by atoms with van der Waals surface area (Å²) in [5, 5.41) is 12.5. The van der Waals surface area contributed by atoms with Gasteiger partial charge in [0.2, 0.25) is 5.95 Å². The molecule has 2 aliphatic rings. The van der Waals surface area contributed by atoms with Crippen LogP contribution in [0.15, 0.2) is 6.20 Å². The van der Waals surface area contributed by atoms with E-state index in [0.717, 1.165) is 59.9 Å². The maximum absolute atomic E-state index is 5.42. The second-order valence-corrected chi connectivity index (χ2v) is 9.20. The minimum Gasteiger partial charge on any atom is -0.380 e. The van der Waals surface area contributed by atoms with Gasteiger partial charge >= 0.3 is 0 Å². The second-order valence-electron chi connectivity index (χ2n) is 7.16. The highest BCUT2D eigenvalue weighted by atomic mass is 32.1. The maximum atomic E-state index is 5.42. The zero-order valence-electron chi connectivity index (χ0n) is 14.6. The third kappa shape index (κ3) is 2.78. The lowest BCUT2D eigenvalue weighted by Gasteiger charge is -2.42. The Balaban J connectivity index is 1.44. The molecule has 10 heteroatoms. The average Bonchev–Trinajstić information content (AvgIpc) is 3.28. The van der Waals surface area contributed by atoms with Crippen LogP contribution in [-0.2, 0) is 11.2 Å². The number of anilines is 3. The van der Waals surface area contributed by atoms with Crippen molar-refractivity contribution in [3.05, 3.63) is 16.1 Å². The van der Waals surface area contributed by atoms with Gasteiger partial charge in [-0.1, -0.05) is 6.92 Å². The Bertz CT molecular complexity index is 942. The van der Waals surface area contributed by atoms with E-state index in [9.17, 15) is 0 Å². The van der Waals surface area contributed by atoms with E-state index in [1.165, 1.54) is 16.4 Å². The molecular formula is C16H19N7OS2. The van der Waals surface area contributed by atoms with E-state index < -0.39 is 0 Å². The smallest absolute Gasteiger partial charge is 0.241 e. The molecular weight excluding hydrogens is 370 g/mol. The predicted molar refractivity (Wildman–Crippen MR) is 102 cm³/mol. The van der Waals surface area contributed by atoms with Crippen LogP contribution in [0.1, 0.15) is 16.8 Å². The summed E-state index contributed by atoms with van der Waals surface area (Å²) in [5.74, 6) is 1.67. The molecule has 0 radical (unpaired) electrons. The Kier molecular flexibility index (Phi) is 3.73. The molecule has 26 heavy (non-hydrogen) atoms. The molecule has 0 bridgehead atoms. The molecule has 0 atom stereocenters. The van der Waals surface area contributed by atoms with Crippen LogP contribution in [0.25, 0.3) is 11.3 Å². The quantitative estimate of drug-likeness (QED) is 0.709. The fourth-order valence-electron chi connectivity index (χ4n) is 3.43. The first kappa shape index (κ1) is 16.2. The van der Waals surface area contributed by atoms with Gasteiger partial charge in [0, 0.05) is 29.8 Å². The largest absolute Gasteiger partial charge is 0.380 e.